The zero-order chi connectivity index (χ0) is 19.4. The Morgan fingerprint density at radius 1 is 1.07 bits per heavy atom. The number of halogens is 3. The molecule has 0 saturated heterocycles. The molecule has 0 bridgehead atoms. The van der Waals surface area contributed by atoms with E-state index < -0.39 is 17.6 Å². The molecule has 1 amide bonds. The SMILES string of the molecule is Cc1ccc(C=Nc2ccccc2C(=O)Nc2cccc(C(F)(F)F)c2)s1. The summed E-state index contributed by atoms with van der Waals surface area (Å²) < 4.78 is 38.5. The van der Waals surface area contributed by atoms with Crippen LogP contribution in [0.1, 0.15) is 25.7 Å². The number of nitrogens with one attached hydrogen (secondary N) is 1. The summed E-state index contributed by atoms with van der Waals surface area (Å²) in [5.41, 5.74) is -0.0328. The second-order valence-corrected chi connectivity index (χ2v) is 7.08. The van der Waals surface area contributed by atoms with E-state index in [1.54, 1.807) is 41.8 Å². The number of aliphatic imine (C=N–C) groups is 1. The van der Waals surface area contributed by atoms with Gasteiger partial charge in [0, 0.05) is 21.7 Å². The number of amides is 1. The summed E-state index contributed by atoms with van der Waals surface area (Å²) in [5, 5.41) is 2.50. The van der Waals surface area contributed by atoms with Crippen LogP contribution >= 0.6 is 11.3 Å². The number of thiophene rings is 1. The second-order valence-electron chi connectivity index (χ2n) is 5.76. The molecule has 0 saturated carbocycles. The van der Waals surface area contributed by atoms with E-state index >= 15 is 0 Å². The van der Waals surface area contributed by atoms with Gasteiger partial charge in [0.05, 0.1) is 16.8 Å². The first-order chi connectivity index (χ1) is 12.8. The van der Waals surface area contributed by atoms with Gasteiger partial charge in [0.1, 0.15) is 0 Å². The molecule has 0 atom stereocenters. The summed E-state index contributed by atoms with van der Waals surface area (Å²) in [5.74, 6) is -0.524. The molecule has 0 fully saturated rings. The van der Waals surface area contributed by atoms with Crippen molar-refractivity contribution in [3.63, 3.8) is 0 Å². The molecule has 0 radical (unpaired) electrons. The topological polar surface area (TPSA) is 41.5 Å². The molecule has 3 nitrogen and oxygen atoms in total. The number of alkyl halides is 3. The van der Waals surface area contributed by atoms with Gasteiger partial charge in [0.25, 0.3) is 5.91 Å². The van der Waals surface area contributed by atoms with Gasteiger partial charge in [-0.2, -0.15) is 13.2 Å². The quantitative estimate of drug-likeness (QED) is 0.541. The number of carbonyl (C=O) groups excluding carboxylic acids is 1. The molecule has 3 rings (SSSR count). The molecular weight excluding hydrogens is 373 g/mol. The van der Waals surface area contributed by atoms with E-state index in [0.717, 1.165) is 21.9 Å². The molecule has 0 unspecified atom stereocenters. The van der Waals surface area contributed by atoms with Crippen molar-refractivity contribution in [2.75, 3.05) is 5.32 Å². The van der Waals surface area contributed by atoms with Gasteiger partial charge in [0.15, 0.2) is 0 Å². The molecule has 0 aliphatic carbocycles. The van der Waals surface area contributed by atoms with Crippen molar-refractivity contribution in [1.82, 2.24) is 0 Å². The highest BCUT2D eigenvalue weighted by Crippen LogP contribution is 2.31. The lowest BCUT2D eigenvalue weighted by molar-refractivity contribution is -0.137. The number of hydrogen-bond acceptors (Lipinski definition) is 3. The van der Waals surface area contributed by atoms with Crippen LogP contribution in [0.4, 0.5) is 24.5 Å². The average Bonchev–Trinajstić information content (AvgIpc) is 3.05. The third-order valence-electron chi connectivity index (χ3n) is 3.69. The normalized spacial score (nSPS) is 11.7. The third-order valence-corrected chi connectivity index (χ3v) is 4.62. The first-order valence-electron chi connectivity index (χ1n) is 8.01. The van der Waals surface area contributed by atoms with Crippen LogP contribution in [-0.4, -0.2) is 12.1 Å². The standard InChI is InChI=1S/C20H15F3N2OS/c1-13-9-10-16(27-13)12-24-18-8-3-2-7-17(18)19(26)25-15-6-4-5-14(11-15)20(21,22)23/h2-12H,1H3,(H,25,26). The Morgan fingerprint density at radius 2 is 1.85 bits per heavy atom. The Labute approximate surface area is 158 Å². The molecule has 1 N–H and O–H groups in total. The smallest absolute Gasteiger partial charge is 0.322 e. The summed E-state index contributed by atoms with van der Waals surface area (Å²) in [6.07, 6.45) is -2.81. The maximum absolute atomic E-state index is 12.8. The van der Waals surface area contributed by atoms with Crippen LogP contribution in [0.2, 0.25) is 0 Å². The number of hydrogen-bond donors (Lipinski definition) is 1. The maximum atomic E-state index is 12.8. The van der Waals surface area contributed by atoms with Crippen LogP contribution in [0.5, 0.6) is 0 Å². The Hall–Kier alpha value is -2.93. The van der Waals surface area contributed by atoms with Gasteiger partial charge in [-0.1, -0.05) is 18.2 Å². The van der Waals surface area contributed by atoms with Crippen molar-refractivity contribution >= 4 is 34.8 Å². The number of nitrogens with zero attached hydrogens (tertiary/aromatic N) is 1. The number of carbonyl (C=O) groups is 1. The lowest BCUT2D eigenvalue weighted by Gasteiger charge is -2.10. The van der Waals surface area contributed by atoms with Crippen molar-refractivity contribution in [3.8, 4) is 0 Å². The van der Waals surface area contributed by atoms with Gasteiger partial charge in [-0.05, 0) is 49.4 Å². The van der Waals surface area contributed by atoms with Crippen molar-refractivity contribution < 1.29 is 18.0 Å². The minimum Gasteiger partial charge on any atom is -0.322 e. The predicted octanol–water partition coefficient (Wildman–Crippen LogP) is 6.08. The van der Waals surface area contributed by atoms with E-state index in [-0.39, 0.29) is 11.3 Å². The summed E-state index contributed by atoms with van der Waals surface area (Å²) in [4.78, 5) is 19.0. The first-order valence-corrected chi connectivity index (χ1v) is 8.83. The number of anilines is 1. The Kier molecular flexibility index (Phi) is 5.41. The van der Waals surface area contributed by atoms with E-state index in [4.69, 9.17) is 0 Å². The van der Waals surface area contributed by atoms with Gasteiger partial charge < -0.3 is 5.32 Å². The number of rotatable bonds is 4. The van der Waals surface area contributed by atoms with Crippen LogP contribution in [0.3, 0.4) is 0 Å². The van der Waals surface area contributed by atoms with E-state index in [9.17, 15) is 18.0 Å². The molecule has 0 aliphatic heterocycles. The fourth-order valence-corrected chi connectivity index (χ4v) is 3.16. The molecule has 1 aromatic heterocycles. The summed E-state index contributed by atoms with van der Waals surface area (Å²) in [6.45, 7) is 1.98. The van der Waals surface area contributed by atoms with E-state index in [2.05, 4.69) is 10.3 Å². The fourth-order valence-electron chi connectivity index (χ4n) is 2.41. The summed E-state index contributed by atoms with van der Waals surface area (Å²) in [7, 11) is 0. The van der Waals surface area contributed by atoms with Crippen LogP contribution in [0.25, 0.3) is 0 Å². The van der Waals surface area contributed by atoms with E-state index in [1.807, 2.05) is 19.1 Å². The Balaban J connectivity index is 1.82. The minimum atomic E-state index is -4.47. The highest BCUT2D eigenvalue weighted by molar-refractivity contribution is 7.13. The van der Waals surface area contributed by atoms with Gasteiger partial charge in [0.2, 0.25) is 0 Å². The predicted molar refractivity (Wildman–Crippen MR) is 102 cm³/mol. The Morgan fingerprint density at radius 3 is 2.56 bits per heavy atom. The zero-order valence-electron chi connectivity index (χ0n) is 14.2. The van der Waals surface area contributed by atoms with Gasteiger partial charge in [-0.15, -0.1) is 11.3 Å². The summed E-state index contributed by atoms with van der Waals surface area (Å²) in [6, 6.07) is 15.1. The minimum absolute atomic E-state index is 0.0717. The van der Waals surface area contributed by atoms with Crippen LogP contribution in [0.15, 0.2) is 65.7 Å². The lowest BCUT2D eigenvalue weighted by Crippen LogP contribution is -2.13. The van der Waals surface area contributed by atoms with Crippen molar-refractivity contribution in [2.24, 2.45) is 4.99 Å². The second kappa shape index (κ2) is 7.75. The molecule has 7 heteroatoms. The average molecular weight is 388 g/mol. The first kappa shape index (κ1) is 18.8. The molecule has 27 heavy (non-hydrogen) atoms. The molecule has 138 valence electrons. The highest BCUT2D eigenvalue weighted by atomic mass is 32.1. The molecular formula is C20H15F3N2OS. The van der Waals surface area contributed by atoms with Crippen molar-refractivity contribution in [3.05, 3.63) is 81.5 Å². The van der Waals surface area contributed by atoms with Crippen LogP contribution in [0, 0.1) is 6.92 Å². The van der Waals surface area contributed by atoms with Gasteiger partial charge >= 0.3 is 6.18 Å². The van der Waals surface area contributed by atoms with Crippen molar-refractivity contribution in [1.29, 1.82) is 0 Å². The Bertz CT molecular complexity index is 993. The van der Waals surface area contributed by atoms with Gasteiger partial charge in [-0.3, -0.25) is 9.79 Å². The summed E-state index contributed by atoms with van der Waals surface area (Å²) >= 11 is 1.57. The highest BCUT2D eigenvalue weighted by Gasteiger charge is 2.30. The number of benzene rings is 2. The molecule has 0 spiro atoms. The molecule has 3 aromatic rings. The monoisotopic (exact) mass is 388 g/mol. The van der Waals surface area contributed by atoms with E-state index in [0.29, 0.717) is 5.69 Å². The lowest BCUT2D eigenvalue weighted by atomic mass is 10.1. The maximum Gasteiger partial charge on any atom is 0.416 e. The van der Waals surface area contributed by atoms with Gasteiger partial charge in [-0.25, -0.2) is 0 Å². The van der Waals surface area contributed by atoms with Crippen molar-refractivity contribution in [2.45, 2.75) is 13.1 Å². The number of aryl methyl sites for hydroxylation is 1. The molecule has 2 aromatic carbocycles. The van der Waals surface area contributed by atoms with Crippen LogP contribution < -0.4 is 5.32 Å². The molecule has 0 aliphatic rings. The number of para-hydroxylation sites is 1. The third kappa shape index (κ3) is 4.83. The fraction of sp³-hybridized carbons (Fsp3) is 0.100. The van der Waals surface area contributed by atoms with Crippen LogP contribution in [-0.2, 0) is 6.18 Å². The largest absolute Gasteiger partial charge is 0.416 e. The molecule has 1 heterocycles. The van der Waals surface area contributed by atoms with E-state index in [1.165, 1.54) is 12.1 Å². The zero-order valence-corrected chi connectivity index (χ0v) is 15.1.